The first-order valence-electron chi connectivity index (χ1n) is 9.81. The van der Waals surface area contributed by atoms with Gasteiger partial charge in [0, 0.05) is 24.5 Å². The molecule has 0 fully saturated rings. The molecule has 0 aromatic heterocycles. The van der Waals surface area contributed by atoms with E-state index in [1.165, 1.54) is 11.3 Å². The first-order chi connectivity index (χ1) is 14.7. The molecule has 0 radical (unpaired) electrons. The van der Waals surface area contributed by atoms with Crippen LogP contribution in [0.1, 0.15) is 18.1 Å². The number of anilines is 2. The van der Waals surface area contributed by atoms with Crippen molar-refractivity contribution in [3.8, 4) is 5.75 Å². The van der Waals surface area contributed by atoms with Crippen LogP contribution in [0.2, 0.25) is 0 Å². The molecular weight excluding hydrogens is 392 g/mol. The molecule has 3 rings (SSSR count). The number of rotatable bonds is 8. The Labute approximate surface area is 183 Å². The number of hydrogen-bond acceptors (Lipinski definition) is 4. The quantitative estimate of drug-likeness (QED) is 0.305. The molecule has 0 bridgehead atoms. The van der Waals surface area contributed by atoms with Crippen LogP contribution in [-0.4, -0.2) is 25.0 Å². The van der Waals surface area contributed by atoms with Crippen molar-refractivity contribution in [2.75, 3.05) is 23.9 Å². The number of benzene rings is 3. The van der Waals surface area contributed by atoms with E-state index in [0.29, 0.717) is 5.11 Å². The number of methoxy groups -OCH3 is 1. The molecule has 0 saturated carbocycles. The molecular formula is C24H26N4OS. The number of hydrogen-bond donors (Lipinski definition) is 2. The van der Waals surface area contributed by atoms with Crippen LogP contribution in [-0.2, 0) is 6.54 Å². The zero-order valence-corrected chi connectivity index (χ0v) is 18.0. The largest absolute Gasteiger partial charge is 0.497 e. The molecule has 0 unspecified atom stereocenters. The SMILES string of the molecule is CCN(Cc1ccccc1)c1ccc(/C=N\NC(=S)Nc2ccc(OC)cc2)cc1. The highest BCUT2D eigenvalue weighted by Crippen LogP contribution is 2.18. The van der Waals surface area contributed by atoms with Crippen molar-refractivity contribution in [1.82, 2.24) is 5.43 Å². The highest BCUT2D eigenvalue weighted by molar-refractivity contribution is 7.80. The number of thiocarbonyl (C=S) groups is 1. The van der Waals surface area contributed by atoms with E-state index >= 15 is 0 Å². The molecule has 3 aromatic rings. The lowest BCUT2D eigenvalue weighted by molar-refractivity contribution is 0.415. The van der Waals surface area contributed by atoms with Gasteiger partial charge in [0.15, 0.2) is 5.11 Å². The van der Waals surface area contributed by atoms with Gasteiger partial charge in [0.25, 0.3) is 0 Å². The van der Waals surface area contributed by atoms with Crippen molar-refractivity contribution in [2.45, 2.75) is 13.5 Å². The van der Waals surface area contributed by atoms with E-state index in [4.69, 9.17) is 17.0 Å². The zero-order valence-electron chi connectivity index (χ0n) is 17.2. The van der Waals surface area contributed by atoms with Crippen molar-refractivity contribution < 1.29 is 4.74 Å². The molecule has 0 aliphatic rings. The number of hydrazone groups is 1. The van der Waals surface area contributed by atoms with Gasteiger partial charge in [-0.15, -0.1) is 0 Å². The Kier molecular flexibility index (Phi) is 7.80. The Hall–Kier alpha value is -3.38. The van der Waals surface area contributed by atoms with Crippen molar-refractivity contribution in [1.29, 1.82) is 0 Å². The molecule has 30 heavy (non-hydrogen) atoms. The summed E-state index contributed by atoms with van der Waals surface area (Å²) in [6.45, 7) is 3.99. The molecule has 0 heterocycles. The maximum Gasteiger partial charge on any atom is 0.191 e. The molecule has 6 heteroatoms. The average molecular weight is 419 g/mol. The van der Waals surface area contributed by atoms with E-state index in [1.807, 2.05) is 42.5 Å². The Morgan fingerprint density at radius 2 is 1.70 bits per heavy atom. The second-order valence-electron chi connectivity index (χ2n) is 6.64. The Bertz CT molecular complexity index is 957. The van der Waals surface area contributed by atoms with Crippen LogP contribution in [0.5, 0.6) is 5.75 Å². The number of nitrogens with one attached hydrogen (secondary N) is 2. The summed E-state index contributed by atoms with van der Waals surface area (Å²) in [6.07, 6.45) is 1.75. The summed E-state index contributed by atoms with van der Waals surface area (Å²) < 4.78 is 5.15. The smallest absolute Gasteiger partial charge is 0.191 e. The van der Waals surface area contributed by atoms with Crippen molar-refractivity contribution >= 4 is 34.9 Å². The first-order valence-corrected chi connectivity index (χ1v) is 10.2. The summed E-state index contributed by atoms with van der Waals surface area (Å²) in [7, 11) is 1.64. The summed E-state index contributed by atoms with van der Waals surface area (Å²) in [6, 6.07) is 26.3. The Morgan fingerprint density at radius 3 is 2.33 bits per heavy atom. The van der Waals surface area contributed by atoms with Crippen LogP contribution >= 0.6 is 12.2 Å². The lowest BCUT2D eigenvalue weighted by atomic mass is 10.1. The molecule has 0 aliphatic heterocycles. The van der Waals surface area contributed by atoms with Crippen LogP contribution in [0.4, 0.5) is 11.4 Å². The van der Waals surface area contributed by atoms with Crippen molar-refractivity contribution in [3.63, 3.8) is 0 Å². The van der Waals surface area contributed by atoms with Crippen LogP contribution in [0.15, 0.2) is 84.0 Å². The standard InChI is InChI=1S/C24H26N4OS/c1-3-28(18-20-7-5-4-6-8-20)22-13-9-19(10-14-22)17-25-27-24(30)26-21-11-15-23(29-2)16-12-21/h4-17H,3,18H2,1-2H3,(H2,26,27,30)/b25-17-. The van der Waals surface area contributed by atoms with E-state index in [2.05, 4.69) is 64.1 Å². The molecule has 0 aliphatic carbocycles. The summed E-state index contributed by atoms with van der Waals surface area (Å²) in [5, 5.41) is 7.72. The van der Waals surface area contributed by atoms with Gasteiger partial charge in [0.05, 0.1) is 13.3 Å². The fraction of sp³-hybridized carbons (Fsp3) is 0.167. The van der Waals surface area contributed by atoms with Gasteiger partial charge in [0.1, 0.15) is 5.75 Å². The second-order valence-corrected chi connectivity index (χ2v) is 7.05. The third-order valence-corrected chi connectivity index (χ3v) is 4.78. The topological polar surface area (TPSA) is 48.9 Å². The highest BCUT2D eigenvalue weighted by atomic mass is 32.1. The minimum atomic E-state index is 0.424. The van der Waals surface area contributed by atoms with Gasteiger partial charge in [-0.2, -0.15) is 5.10 Å². The van der Waals surface area contributed by atoms with E-state index in [0.717, 1.165) is 30.1 Å². The minimum Gasteiger partial charge on any atom is -0.497 e. The predicted molar refractivity (Wildman–Crippen MR) is 130 cm³/mol. The maximum atomic E-state index is 5.27. The van der Waals surface area contributed by atoms with Gasteiger partial charge in [-0.25, -0.2) is 0 Å². The fourth-order valence-corrected chi connectivity index (χ4v) is 3.13. The Balaban J connectivity index is 1.52. The van der Waals surface area contributed by atoms with Crippen molar-refractivity contribution in [2.24, 2.45) is 5.10 Å². The number of ether oxygens (including phenoxy) is 1. The van der Waals surface area contributed by atoms with Gasteiger partial charge in [-0.1, -0.05) is 42.5 Å². The Morgan fingerprint density at radius 1 is 1.00 bits per heavy atom. The summed E-state index contributed by atoms with van der Waals surface area (Å²) >= 11 is 5.27. The van der Waals surface area contributed by atoms with Crippen molar-refractivity contribution in [3.05, 3.63) is 90.0 Å². The molecule has 3 aromatic carbocycles. The van der Waals surface area contributed by atoms with E-state index < -0.39 is 0 Å². The van der Waals surface area contributed by atoms with Crippen LogP contribution < -0.4 is 20.4 Å². The molecule has 5 nitrogen and oxygen atoms in total. The fourth-order valence-electron chi connectivity index (χ4n) is 2.96. The average Bonchev–Trinajstić information content (AvgIpc) is 2.79. The first kappa shape index (κ1) is 21.3. The van der Waals surface area contributed by atoms with Gasteiger partial charge < -0.3 is 15.0 Å². The molecule has 0 amide bonds. The third kappa shape index (κ3) is 6.32. The lowest BCUT2D eigenvalue weighted by Crippen LogP contribution is -2.23. The molecule has 2 N–H and O–H groups in total. The monoisotopic (exact) mass is 418 g/mol. The molecule has 0 atom stereocenters. The van der Waals surface area contributed by atoms with Gasteiger partial charge >= 0.3 is 0 Å². The van der Waals surface area contributed by atoms with Gasteiger partial charge in [-0.3, -0.25) is 5.43 Å². The third-order valence-electron chi connectivity index (χ3n) is 4.58. The zero-order chi connectivity index (χ0) is 21.2. The highest BCUT2D eigenvalue weighted by Gasteiger charge is 2.05. The molecule has 0 spiro atoms. The lowest BCUT2D eigenvalue weighted by Gasteiger charge is -2.23. The normalized spacial score (nSPS) is 10.6. The van der Waals surface area contributed by atoms with Gasteiger partial charge in [-0.05, 0) is 66.7 Å². The van der Waals surface area contributed by atoms with E-state index in [-0.39, 0.29) is 0 Å². The molecule has 0 saturated heterocycles. The van der Waals surface area contributed by atoms with Crippen LogP contribution in [0.3, 0.4) is 0 Å². The maximum absolute atomic E-state index is 5.27. The predicted octanol–water partition coefficient (Wildman–Crippen LogP) is 5.04. The molecule has 154 valence electrons. The van der Waals surface area contributed by atoms with Crippen LogP contribution in [0.25, 0.3) is 0 Å². The van der Waals surface area contributed by atoms with E-state index in [9.17, 15) is 0 Å². The summed E-state index contributed by atoms with van der Waals surface area (Å²) in [4.78, 5) is 2.34. The number of nitrogens with zero attached hydrogens (tertiary/aromatic N) is 2. The van der Waals surface area contributed by atoms with E-state index in [1.54, 1.807) is 13.3 Å². The summed E-state index contributed by atoms with van der Waals surface area (Å²) in [5.41, 5.74) is 7.18. The minimum absolute atomic E-state index is 0.424. The van der Waals surface area contributed by atoms with Gasteiger partial charge in [0.2, 0.25) is 0 Å². The van der Waals surface area contributed by atoms with Crippen LogP contribution in [0, 0.1) is 0 Å². The second kappa shape index (κ2) is 11.0. The summed E-state index contributed by atoms with van der Waals surface area (Å²) in [5.74, 6) is 0.798.